The molecule has 7 heteroatoms. The predicted molar refractivity (Wildman–Crippen MR) is 128 cm³/mol. The van der Waals surface area contributed by atoms with Crippen LogP contribution in [-0.2, 0) is 16.0 Å². The third-order valence-corrected chi connectivity index (χ3v) is 6.01. The van der Waals surface area contributed by atoms with Crippen molar-refractivity contribution in [2.24, 2.45) is 0 Å². The molecule has 2 atom stereocenters. The molecule has 4 rings (SSSR count). The molecule has 0 unspecified atom stereocenters. The van der Waals surface area contributed by atoms with Crippen molar-refractivity contribution >= 4 is 11.8 Å². The predicted octanol–water partition coefficient (Wildman–Crippen LogP) is 4.09. The zero-order valence-corrected chi connectivity index (χ0v) is 19.5. The second kappa shape index (κ2) is 11.6. The van der Waals surface area contributed by atoms with E-state index in [1.54, 1.807) is 17.9 Å². The summed E-state index contributed by atoms with van der Waals surface area (Å²) in [6.07, 6.45) is 2.74. The first-order valence-corrected chi connectivity index (χ1v) is 11.8. The Hall–Kier alpha value is -3.45. The van der Waals surface area contributed by atoms with Crippen LogP contribution in [0.25, 0.3) is 0 Å². The van der Waals surface area contributed by atoms with Crippen LogP contribution < -0.4 is 5.32 Å². The van der Waals surface area contributed by atoms with Crippen LogP contribution in [0.4, 0.5) is 0 Å². The number of rotatable bonds is 10. The van der Waals surface area contributed by atoms with E-state index in [0.717, 1.165) is 24.0 Å². The number of hydrogen-bond donors (Lipinski definition) is 1. The molecular formula is C27H31N3O4. The Kier molecular flexibility index (Phi) is 8.09. The van der Waals surface area contributed by atoms with E-state index in [1.165, 1.54) is 0 Å². The van der Waals surface area contributed by atoms with Crippen LogP contribution in [-0.4, -0.2) is 47.7 Å². The zero-order valence-electron chi connectivity index (χ0n) is 19.5. The molecule has 1 aliphatic rings. The fourth-order valence-electron chi connectivity index (χ4n) is 4.23. The highest BCUT2D eigenvalue weighted by Gasteiger charge is 2.26. The highest BCUT2D eigenvalue weighted by molar-refractivity contribution is 5.92. The van der Waals surface area contributed by atoms with Gasteiger partial charge in [0.1, 0.15) is 5.76 Å². The molecule has 1 aromatic heterocycles. The number of carbonyl (C=O) groups is 2. The Morgan fingerprint density at radius 1 is 1.12 bits per heavy atom. The second-order valence-electron chi connectivity index (χ2n) is 8.68. The summed E-state index contributed by atoms with van der Waals surface area (Å²) in [6.45, 7) is 3.17. The van der Waals surface area contributed by atoms with Gasteiger partial charge < -0.3 is 19.5 Å². The van der Waals surface area contributed by atoms with Crippen LogP contribution in [0.15, 0.2) is 71.3 Å². The van der Waals surface area contributed by atoms with Gasteiger partial charge in [0.05, 0.1) is 12.1 Å². The van der Waals surface area contributed by atoms with Crippen molar-refractivity contribution in [2.75, 3.05) is 19.7 Å². The van der Waals surface area contributed by atoms with E-state index in [2.05, 4.69) is 22.6 Å². The van der Waals surface area contributed by atoms with Crippen LogP contribution in [0.3, 0.4) is 0 Å². The van der Waals surface area contributed by atoms with Crippen molar-refractivity contribution in [3.05, 3.63) is 89.3 Å². The van der Waals surface area contributed by atoms with E-state index in [9.17, 15) is 9.59 Å². The summed E-state index contributed by atoms with van der Waals surface area (Å²) in [5.74, 6) is 0.222. The summed E-state index contributed by atoms with van der Waals surface area (Å²) < 4.78 is 10.8. The standard InChI is InChI=1S/C27H31N3O4/c1-20-17-25(29-34-20)27(32)30(19-23-13-8-16-33-23)15-14-26(31)28-24(22-11-6-3-7-12-22)18-21-9-4-2-5-10-21/h2-7,9-12,17,23-24H,8,13-16,18-19H2,1H3,(H,28,31)/t23-,24+/m0/s1. The minimum Gasteiger partial charge on any atom is -0.376 e. The van der Waals surface area contributed by atoms with Crippen molar-refractivity contribution < 1.29 is 18.8 Å². The molecule has 2 amide bonds. The lowest BCUT2D eigenvalue weighted by molar-refractivity contribution is -0.122. The fourth-order valence-corrected chi connectivity index (χ4v) is 4.23. The lowest BCUT2D eigenvalue weighted by atomic mass is 9.98. The molecule has 2 heterocycles. The van der Waals surface area contributed by atoms with E-state index in [1.807, 2.05) is 48.5 Å². The van der Waals surface area contributed by atoms with Crippen LogP contribution >= 0.6 is 0 Å². The molecule has 0 saturated carbocycles. The van der Waals surface area contributed by atoms with E-state index in [-0.39, 0.29) is 42.6 Å². The number of aryl methyl sites for hydroxylation is 1. The summed E-state index contributed by atoms with van der Waals surface area (Å²) in [5, 5.41) is 7.04. The maximum absolute atomic E-state index is 13.1. The van der Waals surface area contributed by atoms with E-state index < -0.39 is 0 Å². The number of carbonyl (C=O) groups excluding carboxylic acids is 2. The number of aromatic nitrogens is 1. The average Bonchev–Trinajstić information content (AvgIpc) is 3.54. The molecule has 178 valence electrons. The monoisotopic (exact) mass is 461 g/mol. The maximum atomic E-state index is 13.1. The number of ether oxygens (including phenoxy) is 1. The molecule has 0 radical (unpaired) electrons. The molecule has 1 saturated heterocycles. The first kappa shape index (κ1) is 23.7. The lowest BCUT2D eigenvalue weighted by Gasteiger charge is -2.25. The molecule has 2 aromatic carbocycles. The first-order valence-electron chi connectivity index (χ1n) is 11.8. The van der Waals surface area contributed by atoms with Gasteiger partial charge in [-0.15, -0.1) is 0 Å². The van der Waals surface area contributed by atoms with Gasteiger partial charge in [0.25, 0.3) is 5.91 Å². The average molecular weight is 462 g/mol. The van der Waals surface area contributed by atoms with Crippen LogP contribution in [0.5, 0.6) is 0 Å². The number of amides is 2. The molecule has 7 nitrogen and oxygen atoms in total. The minimum atomic E-state index is -0.246. The van der Waals surface area contributed by atoms with Crippen molar-refractivity contribution in [2.45, 2.75) is 44.8 Å². The summed E-state index contributed by atoms with van der Waals surface area (Å²) >= 11 is 0. The van der Waals surface area contributed by atoms with Crippen molar-refractivity contribution in [3.8, 4) is 0 Å². The molecule has 34 heavy (non-hydrogen) atoms. The van der Waals surface area contributed by atoms with Gasteiger partial charge in [-0.25, -0.2) is 0 Å². The Labute approximate surface area is 200 Å². The molecule has 0 spiro atoms. The topological polar surface area (TPSA) is 84.7 Å². The molecule has 0 aliphatic carbocycles. The van der Waals surface area contributed by atoms with Gasteiger partial charge in [0, 0.05) is 32.2 Å². The number of nitrogens with one attached hydrogen (secondary N) is 1. The number of nitrogens with zero attached hydrogens (tertiary/aromatic N) is 2. The smallest absolute Gasteiger partial charge is 0.276 e. The Balaban J connectivity index is 1.42. The van der Waals surface area contributed by atoms with Gasteiger partial charge in [-0.2, -0.15) is 0 Å². The van der Waals surface area contributed by atoms with E-state index >= 15 is 0 Å². The number of benzene rings is 2. The van der Waals surface area contributed by atoms with Gasteiger partial charge in [-0.1, -0.05) is 65.8 Å². The SMILES string of the molecule is Cc1cc(C(=O)N(CCC(=O)N[C@H](Cc2ccccc2)c2ccccc2)C[C@@H]2CCCO2)no1. The Morgan fingerprint density at radius 3 is 2.50 bits per heavy atom. The third kappa shape index (κ3) is 6.54. The van der Waals surface area contributed by atoms with Gasteiger partial charge in [0.15, 0.2) is 5.69 Å². The van der Waals surface area contributed by atoms with E-state index in [4.69, 9.17) is 9.26 Å². The van der Waals surface area contributed by atoms with E-state index in [0.29, 0.717) is 25.3 Å². The molecule has 3 aromatic rings. The van der Waals surface area contributed by atoms with Crippen LogP contribution in [0, 0.1) is 6.92 Å². The summed E-state index contributed by atoms with van der Waals surface area (Å²) in [6, 6.07) is 21.5. The molecule has 1 N–H and O–H groups in total. The minimum absolute atomic E-state index is 0.0184. The molecule has 0 bridgehead atoms. The molecular weight excluding hydrogens is 430 g/mol. The van der Waals surface area contributed by atoms with Crippen molar-refractivity contribution in [1.29, 1.82) is 0 Å². The molecule has 1 fully saturated rings. The Morgan fingerprint density at radius 2 is 1.85 bits per heavy atom. The second-order valence-corrected chi connectivity index (χ2v) is 8.68. The van der Waals surface area contributed by atoms with Gasteiger partial charge in [-0.3, -0.25) is 9.59 Å². The van der Waals surface area contributed by atoms with Crippen molar-refractivity contribution in [1.82, 2.24) is 15.4 Å². The van der Waals surface area contributed by atoms with Crippen LogP contribution in [0.2, 0.25) is 0 Å². The van der Waals surface area contributed by atoms with Gasteiger partial charge >= 0.3 is 0 Å². The highest BCUT2D eigenvalue weighted by atomic mass is 16.5. The first-order chi connectivity index (χ1) is 16.6. The van der Waals surface area contributed by atoms with Crippen LogP contribution in [0.1, 0.15) is 52.7 Å². The highest BCUT2D eigenvalue weighted by Crippen LogP contribution is 2.19. The zero-order chi connectivity index (χ0) is 23.8. The summed E-state index contributed by atoms with van der Waals surface area (Å²) in [7, 11) is 0. The largest absolute Gasteiger partial charge is 0.376 e. The normalized spacial score (nSPS) is 16.2. The number of hydrogen-bond acceptors (Lipinski definition) is 5. The fraction of sp³-hybridized carbons (Fsp3) is 0.370. The van der Waals surface area contributed by atoms with Gasteiger partial charge in [0.2, 0.25) is 5.91 Å². The third-order valence-electron chi connectivity index (χ3n) is 6.01. The quantitative estimate of drug-likeness (QED) is 0.492. The maximum Gasteiger partial charge on any atom is 0.276 e. The summed E-state index contributed by atoms with van der Waals surface area (Å²) in [5.41, 5.74) is 2.44. The molecule has 1 aliphatic heterocycles. The Bertz CT molecular complexity index is 1060. The van der Waals surface area contributed by atoms with Crippen molar-refractivity contribution in [3.63, 3.8) is 0 Å². The van der Waals surface area contributed by atoms with Gasteiger partial charge in [-0.05, 0) is 37.3 Å². The summed E-state index contributed by atoms with van der Waals surface area (Å²) in [4.78, 5) is 27.7. The lowest BCUT2D eigenvalue weighted by Crippen LogP contribution is -2.40.